The molecule has 0 radical (unpaired) electrons. The molecule has 25 heavy (non-hydrogen) atoms. The summed E-state index contributed by atoms with van der Waals surface area (Å²) in [5.74, 6) is 0.202. The van der Waals surface area contributed by atoms with Crippen molar-refractivity contribution >= 4 is 34.0 Å². The summed E-state index contributed by atoms with van der Waals surface area (Å²) >= 11 is 6.00. The zero-order valence-electron chi connectivity index (χ0n) is 14.2. The second kappa shape index (κ2) is 6.57. The number of halogens is 2. The molecule has 2 heterocycles. The maximum Gasteiger partial charge on any atom is 0.310 e. The van der Waals surface area contributed by atoms with Crippen LogP contribution >= 0.6 is 11.6 Å². The molecule has 2 N–H and O–H groups in total. The van der Waals surface area contributed by atoms with Gasteiger partial charge in [-0.15, -0.1) is 0 Å². The van der Waals surface area contributed by atoms with Crippen LogP contribution in [-0.2, 0) is 6.54 Å². The van der Waals surface area contributed by atoms with Crippen LogP contribution < -0.4 is 5.32 Å². The number of aromatic nitrogens is 4. The Hall–Kier alpha value is -2.25. The summed E-state index contributed by atoms with van der Waals surface area (Å²) in [6.45, 7) is 6.06. The maximum absolute atomic E-state index is 13.2. The smallest absolute Gasteiger partial charge is 0.310 e. The van der Waals surface area contributed by atoms with Crippen molar-refractivity contribution in [1.82, 2.24) is 19.7 Å². The van der Waals surface area contributed by atoms with Gasteiger partial charge in [0.15, 0.2) is 5.82 Å². The molecule has 1 aromatic carbocycles. The van der Waals surface area contributed by atoms with Gasteiger partial charge < -0.3 is 10.4 Å². The number of nitrogens with zero attached hydrogens (tertiary/aromatic N) is 4. The first-order valence-electron chi connectivity index (χ1n) is 7.87. The van der Waals surface area contributed by atoms with E-state index in [1.54, 1.807) is 13.8 Å². The predicted octanol–water partition coefficient (Wildman–Crippen LogP) is 3.83. The van der Waals surface area contributed by atoms with Crippen LogP contribution in [0.15, 0.2) is 24.4 Å². The Morgan fingerprint density at radius 2 is 2.12 bits per heavy atom. The summed E-state index contributed by atoms with van der Waals surface area (Å²) in [7, 11) is 0. The van der Waals surface area contributed by atoms with Crippen molar-refractivity contribution in [3.63, 3.8) is 0 Å². The van der Waals surface area contributed by atoms with Crippen molar-refractivity contribution in [2.75, 3.05) is 5.32 Å². The van der Waals surface area contributed by atoms with Gasteiger partial charge in [0, 0.05) is 17.6 Å². The van der Waals surface area contributed by atoms with E-state index in [1.807, 2.05) is 29.8 Å². The van der Waals surface area contributed by atoms with Crippen LogP contribution in [0, 0.1) is 13.0 Å². The second-order valence-corrected chi connectivity index (χ2v) is 6.97. The minimum Gasteiger partial charge on any atom is -0.390 e. The molecule has 0 unspecified atom stereocenters. The summed E-state index contributed by atoms with van der Waals surface area (Å²) in [4.78, 5) is 7.08. The fourth-order valence-corrected chi connectivity index (χ4v) is 2.68. The molecule has 3 rings (SSSR count). The first-order chi connectivity index (χ1) is 11.7. The van der Waals surface area contributed by atoms with Crippen LogP contribution in [0.1, 0.15) is 26.0 Å². The van der Waals surface area contributed by atoms with Gasteiger partial charge >= 0.3 is 6.08 Å². The molecule has 0 saturated carbocycles. The average Bonchev–Trinajstić information content (AvgIpc) is 2.84. The molecule has 6 nitrogen and oxygen atoms in total. The van der Waals surface area contributed by atoms with Gasteiger partial charge in [0.2, 0.25) is 0 Å². The highest BCUT2D eigenvalue weighted by Crippen LogP contribution is 2.27. The summed E-state index contributed by atoms with van der Waals surface area (Å²) in [6.07, 6.45) is 0.936. The number of benzene rings is 1. The number of aryl methyl sites for hydroxylation is 2. The highest BCUT2D eigenvalue weighted by Gasteiger charge is 2.15. The van der Waals surface area contributed by atoms with Crippen LogP contribution in [0.25, 0.3) is 10.9 Å². The molecule has 0 saturated heterocycles. The highest BCUT2D eigenvalue weighted by molar-refractivity contribution is 6.32. The Kier molecular flexibility index (Phi) is 4.62. The fraction of sp³-hybridized carbons (Fsp3) is 0.353. The van der Waals surface area contributed by atoms with Gasteiger partial charge in [-0.2, -0.15) is 14.5 Å². The quantitative estimate of drug-likeness (QED) is 0.674. The van der Waals surface area contributed by atoms with E-state index in [1.165, 1.54) is 6.20 Å². The molecule has 0 fully saturated rings. The second-order valence-electron chi connectivity index (χ2n) is 6.56. The number of fused-ring (bicyclic) bond motifs is 1. The molecule has 3 aromatic rings. The van der Waals surface area contributed by atoms with Gasteiger partial charge in [0.25, 0.3) is 0 Å². The first-order valence-corrected chi connectivity index (χ1v) is 8.25. The molecule has 0 aliphatic heterocycles. The van der Waals surface area contributed by atoms with E-state index in [0.717, 1.165) is 16.6 Å². The number of hydrogen-bond donors (Lipinski definition) is 2. The monoisotopic (exact) mass is 363 g/mol. The van der Waals surface area contributed by atoms with Gasteiger partial charge in [-0.05, 0) is 45.4 Å². The van der Waals surface area contributed by atoms with Gasteiger partial charge in [-0.1, -0.05) is 11.6 Å². The number of aliphatic hydroxyl groups is 1. The van der Waals surface area contributed by atoms with E-state index in [9.17, 15) is 9.50 Å². The largest absolute Gasteiger partial charge is 0.390 e. The van der Waals surface area contributed by atoms with Gasteiger partial charge in [0.1, 0.15) is 5.02 Å². The highest BCUT2D eigenvalue weighted by atomic mass is 35.5. The normalized spacial score (nSPS) is 11.9. The van der Waals surface area contributed by atoms with Gasteiger partial charge in [0.05, 0.1) is 23.0 Å². The first kappa shape index (κ1) is 17.6. The summed E-state index contributed by atoms with van der Waals surface area (Å²) in [6, 6.07) is 5.69. The average molecular weight is 364 g/mol. The number of hydrogen-bond acceptors (Lipinski definition) is 5. The summed E-state index contributed by atoms with van der Waals surface area (Å²) in [5.41, 5.74) is 1.76. The topological polar surface area (TPSA) is 75.9 Å². The van der Waals surface area contributed by atoms with Crippen LogP contribution in [-0.4, -0.2) is 30.5 Å². The summed E-state index contributed by atoms with van der Waals surface area (Å²) in [5, 5.41) is 18.7. The Balaban J connectivity index is 1.94. The minimum atomic E-state index is -0.848. The Morgan fingerprint density at radius 1 is 1.36 bits per heavy atom. The fourth-order valence-electron chi connectivity index (χ4n) is 2.54. The molecular weight excluding hydrogens is 345 g/mol. The lowest BCUT2D eigenvalue weighted by Gasteiger charge is -2.17. The van der Waals surface area contributed by atoms with E-state index in [0.29, 0.717) is 18.7 Å². The SMILES string of the molecule is Cc1nn(CCC(C)(C)O)c2cc(Nc3nc(F)ncc3Cl)ccc12. The standard InChI is InChI=1S/C17H19ClFN5O/c1-10-12-5-4-11(21-15-13(18)9-20-16(19)22-15)8-14(12)24(23-10)7-6-17(2,3)25/h4-5,8-9,25H,6-7H2,1-3H3,(H,20,21,22). The lowest BCUT2D eigenvalue weighted by molar-refractivity contribution is 0.0655. The number of rotatable bonds is 5. The lowest BCUT2D eigenvalue weighted by Crippen LogP contribution is -2.21. The van der Waals surface area contributed by atoms with Gasteiger partial charge in [-0.25, -0.2) is 4.98 Å². The molecule has 8 heteroatoms. The van der Waals surface area contributed by atoms with Crippen molar-refractivity contribution in [2.24, 2.45) is 0 Å². The van der Waals surface area contributed by atoms with Crippen molar-refractivity contribution in [1.29, 1.82) is 0 Å². The molecule has 2 aromatic heterocycles. The van der Waals surface area contributed by atoms with E-state index < -0.39 is 11.7 Å². The van der Waals surface area contributed by atoms with Crippen molar-refractivity contribution in [3.8, 4) is 0 Å². The van der Waals surface area contributed by atoms with Gasteiger partial charge in [-0.3, -0.25) is 4.68 Å². The van der Waals surface area contributed by atoms with E-state index in [4.69, 9.17) is 11.6 Å². The Morgan fingerprint density at radius 3 is 2.84 bits per heavy atom. The lowest BCUT2D eigenvalue weighted by atomic mass is 10.1. The third kappa shape index (κ3) is 4.05. The molecule has 0 bridgehead atoms. The molecule has 0 amide bonds. The summed E-state index contributed by atoms with van der Waals surface area (Å²) < 4.78 is 15.1. The van der Waals surface area contributed by atoms with Crippen LogP contribution in [0.5, 0.6) is 0 Å². The third-order valence-electron chi connectivity index (χ3n) is 3.85. The maximum atomic E-state index is 13.2. The Bertz CT molecular complexity index is 919. The van der Waals surface area contributed by atoms with E-state index >= 15 is 0 Å². The van der Waals surface area contributed by atoms with Crippen molar-refractivity contribution in [3.05, 3.63) is 41.2 Å². The molecule has 132 valence electrons. The zero-order chi connectivity index (χ0) is 18.2. The molecule has 0 aliphatic rings. The van der Waals surface area contributed by atoms with Crippen molar-refractivity contribution < 1.29 is 9.50 Å². The molecular formula is C17H19ClFN5O. The number of nitrogens with one attached hydrogen (secondary N) is 1. The molecule has 0 spiro atoms. The van der Waals surface area contributed by atoms with Crippen LogP contribution in [0.2, 0.25) is 5.02 Å². The van der Waals surface area contributed by atoms with Crippen LogP contribution in [0.3, 0.4) is 0 Å². The van der Waals surface area contributed by atoms with E-state index in [-0.39, 0.29) is 10.8 Å². The third-order valence-corrected chi connectivity index (χ3v) is 4.13. The minimum absolute atomic E-state index is 0.202. The molecule has 0 aliphatic carbocycles. The number of anilines is 2. The predicted molar refractivity (Wildman–Crippen MR) is 95.7 cm³/mol. The van der Waals surface area contributed by atoms with Crippen LogP contribution in [0.4, 0.5) is 15.9 Å². The van der Waals surface area contributed by atoms with Crippen molar-refractivity contribution in [2.45, 2.75) is 39.3 Å². The van der Waals surface area contributed by atoms with E-state index in [2.05, 4.69) is 20.4 Å². The zero-order valence-corrected chi connectivity index (χ0v) is 15.0. The molecule has 0 atom stereocenters. The Labute approximate surface area is 149 Å².